The minimum atomic E-state index is -0.847. The number of ether oxygens (including phenoxy) is 1. The van der Waals surface area contributed by atoms with Gasteiger partial charge in [-0.15, -0.1) is 0 Å². The maximum absolute atomic E-state index is 13.0. The number of benzene rings is 2. The molecule has 6 nitrogen and oxygen atoms in total. The van der Waals surface area contributed by atoms with Crippen LogP contribution in [0.25, 0.3) is 5.76 Å². The predicted octanol–water partition coefficient (Wildman–Crippen LogP) is 4.37. The van der Waals surface area contributed by atoms with Gasteiger partial charge >= 0.3 is 0 Å². The summed E-state index contributed by atoms with van der Waals surface area (Å²) in [6.45, 7) is 0. The quantitative estimate of drug-likeness (QED) is 0.385. The van der Waals surface area contributed by atoms with Gasteiger partial charge in [0.25, 0.3) is 11.7 Å². The average molecular weight is 421 g/mol. The number of carbonyl (C=O) groups excluding carboxylic acids is 2. The molecule has 2 aromatic carbocycles. The number of hydrogen-bond acceptors (Lipinski definition) is 5. The number of Topliss-reactive ketones (excluding diaryl/α,β-unsaturated/α-hetero) is 1. The van der Waals surface area contributed by atoms with Gasteiger partial charge in [-0.25, -0.2) is 0 Å². The minimum Gasteiger partial charge on any atom is -0.507 e. The van der Waals surface area contributed by atoms with Gasteiger partial charge in [-0.05, 0) is 54.1 Å². The van der Waals surface area contributed by atoms with Crippen molar-refractivity contribution in [3.8, 4) is 5.75 Å². The zero-order valence-electron chi connectivity index (χ0n) is 15.9. The van der Waals surface area contributed by atoms with Crippen molar-refractivity contribution in [3.05, 3.63) is 94.8 Å². The van der Waals surface area contributed by atoms with Crippen molar-refractivity contribution in [1.82, 2.24) is 4.98 Å². The third kappa shape index (κ3) is 3.42. The molecule has 0 bridgehead atoms. The lowest BCUT2D eigenvalue weighted by molar-refractivity contribution is -0.132. The number of aliphatic hydroxyl groups is 1. The number of pyridine rings is 1. The standard InChI is InChI=1S/C23H17ClN2O4/c1-30-18-6-2-4-15(12-18)20-19(21(27)14-7-9-16(24)10-8-14)22(28)23(29)26(20)17-5-3-11-25-13-17/h2-13,20,27H,1H3/t20-/m1/s1. The van der Waals surface area contributed by atoms with Gasteiger partial charge in [-0.1, -0.05) is 23.7 Å². The summed E-state index contributed by atoms with van der Waals surface area (Å²) in [6.07, 6.45) is 3.08. The molecule has 30 heavy (non-hydrogen) atoms. The molecule has 0 radical (unpaired) electrons. The predicted molar refractivity (Wildman–Crippen MR) is 113 cm³/mol. The lowest BCUT2D eigenvalue weighted by Crippen LogP contribution is -2.29. The fourth-order valence-electron chi connectivity index (χ4n) is 3.49. The summed E-state index contributed by atoms with van der Waals surface area (Å²) in [5.74, 6) is -1.23. The van der Waals surface area contributed by atoms with Crippen molar-refractivity contribution in [2.24, 2.45) is 0 Å². The van der Waals surface area contributed by atoms with E-state index in [0.717, 1.165) is 0 Å². The second-order valence-corrected chi connectivity index (χ2v) is 7.10. The van der Waals surface area contributed by atoms with E-state index in [1.165, 1.54) is 18.2 Å². The van der Waals surface area contributed by atoms with Gasteiger partial charge in [0.15, 0.2) is 0 Å². The van der Waals surface area contributed by atoms with Crippen LogP contribution >= 0.6 is 11.6 Å². The lowest BCUT2D eigenvalue weighted by Gasteiger charge is -2.25. The molecule has 1 aliphatic heterocycles. The highest BCUT2D eigenvalue weighted by Crippen LogP contribution is 2.42. The largest absolute Gasteiger partial charge is 0.507 e. The van der Waals surface area contributed by atoms with E-state index in [1.54, 1.807) is 66.9 Å². The highest BCUT2D eigenvalue weighted by atomic mass is 35.5. The van der Waals surface area contributed by atoms with Gasteiger partial charge < -0.3 is 9.84 Å². The smallest absolute Gasteiger partial charge is 0.300 e. The summed E-state index contributed by atoms with van der Waals surface area (Å²) in [6, 6.07) is 16.0. The molecule has 4 rings (SSSR count). The summed E-state index contributed by atoms with van der Waals surface area (Å²) in [5, 5.41) is 11.5. The SMILES string of the molecule is COc1cccc([C@@H]2C(=C(O)c3ccc(Cl)cc3)C(=O)C(=O)N2c2cccnc2)c1. The fraction of sp³-hybridized carbons (Fsp3) is 0.0870. The molecule has 1 saturated heterocycles. The van der Waals surface area contributed by atoms with Gasteiger partial charge in [-0.3, -0.25) is 19.5 Å². The van der Waals surface area contributed by atoms with E-state index in [2.05, 4.69) is 4.98 Å². The zero-order valence-corrected chi connectivity index (χ0v) is 16.7. The molecule has 1 N–H and O–H groups in total. The molecular formula is C23H17ClN2O4. The first kappa shape index (κ1) is 19.7. The van der Waals surface area contributed by atoms with Crippen LogP contribution in [0.15, 0.2) is 78.6 Å². The van der Waals surface area contributed by atoms with E-state index in [4.69, 9.17) is 16.3 Å². The summed E-state index contributed by atoms with van der Waals surface area (Å²) in [7, 11) is 1.53. The van der Waals surface area contributed by atoms with E-state index in [0.29, 0.717) is 27.6 Å². The second-order valence-electron chi connectivity index (χ2n) is 6.66. The topological polar surface area (TPSA) is 79.7 Å². The molecule has 0 spiro atoms. The summed E-state index contributed by atoms with van der Waals surface area (Å²) in [5.41, 5.74) is 1.44. The summed E-state index contributed by atoms with van der Waals surface area (Å²) < 4.78 is 5.31. The third-order valence-electron chi connectivity index (χ3n) is 4.90. The van der Waals surface area contributed by atoms with Crippen LogP contribution in [0.4, 0.5) is 5.69 Å². The summed E-state index contributed by atoms with van der Waals surface area (Å²) in [4.78, 5) is 31.4. The Morgan fingerprint density at radius 3 is 2.53 bits per heavy atom. The molecule has 3 aromatic rings. The third-order valence-corrected chi connectivity index (χ3v) is 5.15. The van der Waals surface area contributed by atoms with Gasteiger partial charge in [0.1, 0.15) is 11.5 Å². The van der Waals surface area contributed by atoms with Crippen molar-refractivity contribution in [2.75, 3.05) is 12.0 Å². The molecule has 1 aliphatic rings. The highest BCUT2D eigenvalue weighted by molar-refractivity contribution is 6.51. The van der Waals surface area contributed by atoms with Crippen molar-refractivity contribution in [2.45, 2.75) is 6.04 Å². The maximum atomic E-state index is 13.0. The maximum Gasteiger partial charge on any atom is 0.300 e. The van der Waals surface area contributed by atoms with Crippen LogP contribution in [0.5, 0.6) is 5.75 Å². The Morgan fingerprint density at radius 2 is 1.87 bits per heavy atom. The number of aromatic nitrogens is 1. The van der Waals surface area contributed by atoms with Crippen molar-refractivity contribution < 1.29 is 19.4 Å². The number of halogens is 1. The highest BCUT2D eigenvalue weighted by Gasteiger charge is 2.47. The fourth-order valence-corrected chi connectivity index (χ4v) is 3.61. The molecule has 0 aliphatic carbocycles. The number of hydrogen-bond donors (Lipinski definition) is 1. The summed E-state index contributed by atoms with van der Waals surface area (Å²) >= 11 is 5.94. The Bertz CT molecular complexity index is 1140. The molecular weight excluding hydrogens is 404 g/mol. The van der Waals surface area contributed by atoms with E-state index in [9.17, 15) is 14.7 Å². The molecule has 1 fully saturated rings. The Labute approximate surface area is 178 Å². The second kappa shape index (κ2) is 8.00. The van der Waals surface area contributed by atoms with Crippen LogP contribution in [0.1, 0.15) is 17.2 Å². The number of methoxy groups -OCH3 is 1. The van der Waals surface area contributed by atoms with Crippen LogP contribution in [0.3, 0.4) is 0 Å². The van der Waals surface area contributed by atoms with Crippen molar-refractivity contribution >= 4 is 34.7 Å². The Hall–Kier alpha value is -3.64. The Kier molecular flexibility index (Phi) is 5.25. The van der Waals surface area contributed by atoms with E-state index in [-0.39, 0.29) is 11.3 Å². The average Bonchev–Trinajstić information content (AvgIpc) is 3.05. The molecule has 1 atom stereocenters. The number of ketones is 1. The first-order chi connectivity index (χ1) is 14.5. The van der Waals surface area contributed by atoms with E-state index >= 15 is 0 Å². The Balaban J connectivity index is 1.95. The molecule has 7 heteroatoms. The molecule has 0 unspecified atom stereocenters. The number of anilines is 1. The van der Waals surface area contributed by atoms with Crippen molar-refractivity contribution in [1.29, 1.82) is 0 Å². The van der Waals surface area contributed by atoms with Gasteiger partial charge in [0.2, 0.25) is 0 Å². The normalized spacial score (nSPS) is 17.9. The molecule has 1 amide bonds. The minimum absolute atomic E-state index is 0.0144. The van der Waals surface area contributed by atoms with Crippen LogP contribution in [-0.2, 0) is 9.59 Å². The number of rotatable bonds is 4. The number of carbonyl (C=O) groups is 2. The van der Waals surface area contributed by atoms with Gasteiger partial charge in [0, 0.05) is 16.8 Å². The van der Waals surface area contributed by atoms with Crippen LogP contribution in [-0.4, -0.2) is 28.9 Å². The number of nitrogens with zero attached hydrogens (tertiary/aromatic N) is 2. The Morgan fingerprint density at radius 1 is 1.10 bits per heavy atom. The van der Waals surface area contributed by atoms with Gasteiger partial charge in [0.05, 0.1) is 30.6 Å². The molecule has 0 saturated carbocycles. The first-order valence-corrected chi connectivity index (χ1v) is 9.50. The van der Waals surface area contributed by atoms with Crippen LogP contribution in [0, 0.1) is 0 Å². The molecule has 150 valence electrons. The monoisotopic (exact) mass is 420 g/mol. The lowest BCUT2D eigenvalue weighted by atomic mass is 9.95. The first-order valence-electron chi connectivity index (χ1n) is 9.12. The van der Waals surface area contributed by atoms with Crippen molar-refractivity contribution in [3.63, 3.8) is 0 Å². The van der Waals surface area contributed by atoms with Crippen LogP contribution < -0.4 is 9.64 Å². The number of aliphatic hydroxyl groups excluding tert-OH is 1. The van der Waals surface area contributed by atoms with Gasteiger partial charge in [-0.2, -0.15) is 0 Å². The molecule has 2 heterocycles. The number of amides is 1. The van der Waals surface area contributed by atoms with E-state index < -0.39 is 17.7 Å². The zero-order chi connectivity index (χ0) is 21.3. The van der Waals surface area contributed by atoms with E-state index in [1.807, 2.05) is 0 Å². The molecule has 1 aromatic heterocycles. The van der Waals surface area contributed by atoms with Crippen LogP contribution in [0.2, 0.25) is 5.02 Å².